The molecule has 5 rings (SSSR count). The molecule has 0 spiro atoms. The zero-order valence-electron chi connectivity index (χ0n) is 27.3. The first-order valence-electron chi connectivity index (χ1n) is 15.6. The smallest absolute Gasteiger partial charge is 0.227 e. The van der Waals surface area contributed by atoms with Crippen LogP contribution < -0.4 is 19.3 Å². The maximum atomic E-state index is 15.4. The van der Waals surface area contributed by atoms with E-state index in [9.17, 15) is 9.90 Å². The summed E-state index contributed by atoms with van der Waals surface area (Å²) in [6, 6.07) is 15.7. The summed E-state index contributed by atoms with van der Waals surface area (Å²) in [5.74, 6) is 0.502. The zero-order valence-corrected chi connectivity index (χ0v) is 29.8. The summed E-state index contributed by atoms with van der Waals surface area (Å²) >= 11 is 12.8. The molecule has 2 heterocycles. The Kier molecular flexibility index (Phi) is 10.0. The maximum Gasteiger partial charge on any atom is 0.227 e. The Labute approximate surface area is 282 Å². The number of rotatable bonds is 9. The van der Waals surface area contributed by atoms with Gasteiger partial charge in [0.25, 0.3) is 0 Å². The molecule has 11 heteroatoms. The van der Waals surface area contributed by atoms with Crippen molar-refractivity contribution in [3.8, 4) is 11.5 Å². The summed E-state index contributed by atoms with van der Waals surface area (Å²) in [5, 5.41) is 13.2. The Morgan fingerprint density at radius 3 is 2.43 bits per heavy atom. The van der Waals surface area contributed by atoms with Crippen molar-refractivity contribution in [2.75, 3.05) is 36.6 Å². The number of anilines is 2. The molecule has 1 amide bonds. The summed E-state index contributed by atoms with van der Waals surface area (Å²) in [4.78, 5) is 16.7. The molecule has 0 saturated carbocycles. The Balaban J connectivity index is 1.41. The molecule has 1 saturated heterocycles. The van der Waals surface area contributed by atoms with Crippen LogP contribution in [0.1, 0.15) is 44.7 Å². The second-order valence-electron chi connectivity index (χ2n) is 13.8. The molecule has 46 heavy (non-hydrogen) atoms. The molecule has 0 aliphatic carbocycles. The first-order valence-corrected chi connectivity index (χ1v) is 19.3. The first-order chi connectivity index (χ1) is 21.6. The largest absolute Gasteiger partial charge is 0.497 e. The third kappa shape index (κ3) is 7.19. The summed E-state index contributed by atoms with van der Waals surface area (Å²) in [7, 11) is -0.741. The van der Waals surface area contributed by atoms with Crippen LogP contribution in [0.5, 0.6) is 11.5 Å². The Morgan fingerprint density at radius 2 is 1.78 bits per heavy atom. The Bertz CT molecular complexity index is 1580. The molecule has 1 fully saturated rings. The molecule has 7 nitrogen and oxygen atoms in total. The van der Waals surface area contributed by atoms with Crippen LogP contribution in [0.2, 0.25) is 28.2 Å². The highest BCUT2D eigenvalue weighted by atomic mass is 35.5. The monoisotopic (exact) mass is 688 g/mol. The summed E-state index contributed by atoms with van der Waals surface area (Å²) in [5.41, 5.74) is 1.17. The van der Waals surface area contributed by atoms with E-state index in [4.69, 9.17) is 37.1 Å². The average molecular weight is 690 g/mol. The number of nitrogens with zero attached hydrogens (tertiary/aromatic N) is 2. The number of fused-ring (bicyclic) bond motifs is 1. The molecular formula is C35H43Cl2FN2O5Si. The Hall–Kier alpha value is -2.82. The number of carbonyl (C=O) groups excluding carboxylic acids is 1. The molecule has 0 unspecified atom stereocenters. The van der Waals surface area contributed by atoms with Crippen LogP contribution in [-0.2, 0) is 22.2 Å². The molecule has 0 bridgehead atoms. The third-order valence-corrected chi connectivity index (χ3v) is 14.6. The topological polar surface area (TPSA) is 71.5 Å². The molecular weight excluding hydrogens is 646 g/mol. The summed E-state index contributed by atoms with van der Waals surface area (Å²) in [6.07, 6.45) is 0.335. The number of hydrogen-bond acceptors (Lipinski definition) is 6. The molecule has 3 aromatic carbocycles. The third-order valence-electron chi connectivity index (χ3n) is 9.62. The van der Waals surface area contributed by atoms with Crippen molar-refractivity contribution in [1.82, 2.24) is 0 Å². The van der Waals surface area contributed by atoms with Crippen molar-refractivity contribution >= 4 is 48.8 Å². The van der Waals surface area contributed by atoms with Crippen molar-refractivity contribution in [3.63, 3.8) is 0 Å². The van der Waals surface area contributed by atoms with E-state index in [0.29, 0.717) is 53.0 Å². The standard InChI is InChI=1S/C35H43Cl2FN2O5Si/c1-34(2,3)46(5,6)45-31-21-39(29-14-9-24(36)19-27(29)37)18-17-35(31,42)22-44-30-15-13-28(38)33-26(30)12-16-32(41)40(33)20-23-7-10-25(43-4)11-8-23/h7-11,13-15,19,31,42H,12,16-18,20-22H2,1-6H3/t31-,35+/m1/s1. The molecule has 248 valence electrons. The number of aliphatic hydroxyl groups is 1. The highest BCUT2D eigenvalue weighted by Crippen LogP contribution is 2.43. The number of ether oxygens (including phenoxy) is 2. The molecule has 0 radical (unpaired) electrons. The van der Waals surface area contributed by atoms with E-state index in [1.807, 2.05) is 30.3 Å². The van der Waals surface area contributed by atoms with Crippen LogP contribution in [0.15, 0.2) is 54.6 Å². The van der Waals surface area contributed by atoms with Crippen molar-refractivity contribution in [2.24, 2.45) is 0 Å². The van der Waals surface area contributed by atoms with Gasteiger partial charge in [-0.1, -0.05) is 56.1 Å². The van der Waals surface area contributed by atoms with Crippen molar-refractivity contribution < 1.29 is 28.2 Å². The van der Waals surface area contributed by atoms with Gasteiger partial charge in [0.1, 0.15) is 29.5 Å². The predicted octanol–water partition coefficient (Wildman–Crippen LogP) is 8.03. The first kappa shape index (κ1) is 34.5. The second-order valence-corrected chi connectivity index (χ2v) is 19.4. The number of halogens is 3. The van der Waals surface area contributed by atoms with Crippen LogP contribution in [-0.4, -0.2) is 57.8 Å². The van der Waals surface area contributed by atoms with Gasteiger partial charge >= 0.3 is 0 Å². The van der Waals surface area contributed by atoms with E-state index in [0.717, 1.165) is 11.3 Å². The number of benzene rings is 3. The zero-order chi connectivity index (χ0) is 33.4. The molecule has 2 atom stereocenters. The van der Waals surface area contributed by atoms with Gasteiger partial charge in [0.05, 0.1) is 36.2 Å². The number of amides is 1. The van der Waals surface area contributed by atoms with E-state index >= 15 is 4.39 Å². The van der Waals surface area contributed by atoms with Crippen LogP contribution in [0, 0.1) is 5.82 Å². The fraction of sp³-hybridized carbons (Fsp3) is 0.457. The van der Waals surface area contributed by atoms with Gasteiger partial charge in [-0.05, 0) is 79.0 Å². The van der Waals surface area contributed by atoms with Gasteiger partial charge < -0.3 is 28.8 Å². The molecule has 2 aliphatic rings. The minimum Gasteiger partial charge on any atom is -0.497 e. The highest BCUT2D eigenvalue weighted by Gasteiger charge is 2.49. The predicted molar refractivity (Wildman–Crippen MR) is 185 cm³/mol. The lowest BCUT2D eigenvalue weighted by Gasteiger charge is -2.49. The van der Waals surface area contributed by atoms with Gasteiger partial charge in [0.2, 0.25) is 5.91 Å². The van der Waals surface area contributed by atoms with Crippen LogP contribution in [0.25, 0.3) is 0 Å². The average Bonchev–Trinajstić information content (AvgIpc) is 2.99. The molecule has 2 aliphatic heterocycles. The summed E-state index contributed by atoms with van der Waals surface area (Å²) in [6.45, 7) is 11.9. The quantitative estimate of drug-likeness (QED) is 0.230. The van der Waals surface area contributed by atoms with Gasteiger partial charge in [-0.25, -0.2) is 4.39 Å². The number of carbonyl (C=O) groups is 1. The van der Waals surface area contributed by atoms with E-state index in [1.165, 1.54) is 11.0 Å². The number of piperidine rings is 1. The number of hydrogen-bond donors (Lipinski definition) is 1. The fourth-order valence-electron chi connectivity index (χ4n) is 5.78. The fourth-order valence-corrected chi connectivity index (χ4v) is 7.67. The van der Waals surface area contributed by atoms with Crippen molar-refractivity contribution in [2.45, 2.75) is 76.4 Å². The highest BCUT2D eigenvalue weighted by molar-refractivity contribution is 6.74. The SMILES string of the molecule is COc1ccc(CN2C(=O)CCc3c(OC[C@@]4(O)CCN(c5ccc(Cl)cc5Cl)C[C@H]4O[Si](C)(C)C(C)(C)C)ccc(F)c32)cc1. The molecule has 0 aromatic heterocycles. The van der Waals surface area contributed by atoms with Gasteiger partial charge in [0.15, 0.2) is 8.32 Å². The lowest BCUT2D eigenvalue weighted by atomic mass is 9.89. The number of methoxy groups -OCH3 is 1. The van der Waals surface area contributed by atoms with Crippen molar-refractivity contribution in [3.05, 3.63) is 81.6 Å². The lowest BCUT2D eigenvalue weighted by molar-refractivity contribution is -0.119. The van der Waals surface area contributed by atoms with Gasteiger partial charge in [-0.15, -0.1) is 0 Å². The van der Waals surface area contributed by atoms with E-state index in [2.05, 4.69) is 38.8 Å². The second kappa shape index (κ2) is 13.4. The van der Waals surface area contributed by atoms with E-state index in [-0.39, 0.29) is 36.2 Å². The van der Waals surface area contributed by atoms with E-state index < -0.39 is 25.8 Å². The van der Waals surface area contributed by atoms with Crippen LogP contribution in [0.3, 0.4) is 0 Å². The minimum absolute atomic E-state index is 0.0566. The van der Waals surface area contributed by atoms with Gasteiger partial charge in [0, 0.05) is 30.1 Å². The molecule has 3 aromatic rings. The van der Waals surface area contributed by atoms with Crippen LogP contribution in [0.4, 0.5) is 15.8 Å². The van der Waals surface area contributed by atoms with Crippen LogP contribution >= 0.6 is 23.2 Å². The minimum atomic E-state index is -2.33. The normalized spacial score (nSPS) is 20.5. The molecule has 1 N–H and O–H groups in total. The van der Waals surface area contributed by atoms with Crippen molar-refractivity contribution in [1.29, 1.82) is 0 Å². The lowest BCUT2D eigenvalue weighted by Crippen LogP contribution is -2.63. The maximum absolute atomic E-state index is 15.4. The Morgan fingerprint density at radius 1 is 1.07 bits per heavy atom. The summed E-state index contributed by atoms with van der Waals surface area (Å²) < 4.78 is 33.9. The van der Waals surface area contributed by atoms with Gasteiger partial charge in [-0.2, -0.15) is 0 Å². The van der Waals surface area contributed by atoms with E-state index in [1.54, 1.807) is 25.3 Å². The van der Waals surface area contributed by atoms with Gasteiger partial charge in [-0.3, -0.25) is 4.79 Å².